The SMILES string of the molecule is OC(CCCC1CCCO1)CCC1CCCO1. The van der Waals surface area contributed by atoms with Crippen molar-refractivity contribution in [1.82, 2.24) is 0 Å². The van der Waals surface area contributed by atoms with Crippen LogP contribution in [0.25, 0.3) is 0 Å². The second-order valence-electron chi connectivity index (χ2n) is 5.43. The predicted octanol–water partition coefficient (Wildman–Crippen LogP) is 2.66. The third kappa shape index (κ3) is 4.94. The Morgan fingerprint density at radius 3 is 2.18 bits per heavy atom. The van der Waals surface area contributed by atoms with E-state index in [9.17, 15) is 5.11 Å². The first-order valence-corrected chi connectivity index (χ1v) is 7.26. The third-order valence-electron chi connectivity index (χ3n) is 3.93. The Morgan fingerprint density at radius 2 is 1.59 bits per heavy atom. The molecule has 3 atom stereocenters. The standard InChI is InChI=1S/C14H26O3/c15-12(8-9-14-7-3-11-17-14)4-1-5-13-6-2-10-16-13/h12-15H,1-11H2. The summed E-state index contributed by atoms with van der Waals surface area (Å²) in [5.41, 5.74) is 0. The van der Waals surface area contributed by atoms with Crippen molar-refractivity contribution in [3.63, 3.8) is 0 Å². The molecule has 3 nitrogen and oxygen atoms in total. The van der Waals surface area contributed by atoms with Gasteiger partial charge >= 0.3 is 0 Å². The highest BCUT2D eigenvalue weighted by Crippen LogP contribution is 2.21. The average Bonchev–Trinajstić information content (AvgIpc) is 2.99. The second kappa shape index (κ2) is 7.34. The molecule has 3 heteroatoms. The molecule has 100 valence electrons. The van der Waals surface area contributed by atoms with Gasteiger partial charge in [-0.3, -0.25) is 0 Å². The van der Waals surface area contributed by atoms with Gasteiger partial charge in [-0.1, -0.05) is 0 Å². The highest BCUT2D eigenvalue weighted by Gasteiger charge is 2.18. The Hall–Kier alpha value is -0.120. The minimum absolute atomic E-state index is 0.138. The van der Waals surface area contributed by atoms with Gasteiger partial charge in [0.05, 0.1) is 18.3 Å². The van der Waals surface area contributed by atoms with Crippen molar-refractivity contribution in [3.8, 4) is 0 Å². The van der Waals surface area contributed by atoms with E-state index in [1.165, 1.54) is 25.7 Å². The molecule has 1 N–H and O–H groups in total. The van der Waals surface area contributed by atoms with E-state index in [2.05, 4.69) is 0 Å². The van der Waals surface area contributed by atoms with Gasteiger partial charge in [-0.15, -0.1) is 0 Å². The van der Waals surface area contributed by atoms with Crippen molar-refractivity contribution >= 4 is 0 Å². The lowest BCUT2D eigenvalue weighted by molar-refractivity contribution is 0.0725. The summed E-state index contributed by atoms with van der Waals surface area (Å²) >= 11 is 0. The largest absolute Gasteiger partial charge is 0.393 e. The molecule has 3 unspecified atom stereocenters. The molecule has 0 spiro atoms. The fraction of sp³-hybridized carbons (Fsp3) is 1.00. The van der Waals surface area contributed by atoms with Gasteiger partial charge in [-0.25, -0.2) is 0 Å². The molecule has 2 saturated heterocycles. The van der Waals surface area contributed by atoms with Crippen LogP contribution in [0.3, 0.4) is 0 Å². The molecule has 17 heavy (non-hydrogen) atoms. The van der Waals surface area contributed by atoms with E-state index in [1.807, 2.05) is 0 Å². The van der Waals surface area contributed by atoms with E-state index in [0.29, 0.717) is 12.2 Å². The summed E-state index contributed by atoms with van der Waals surface area (Å²) in [6.45, 7) is 1.85. The van der Waals surface area contributed by atoms with Gasteiger partial charge in [-0.2, -0.15) is 0 Å². The van der Waals surface area contributed by atoms with Crippen LogP contribution in [0, 0.1) is 0 Å². The van der Waals surface area contributed by atoms with Crippen LogP contribution in [0.4, 0.5) is 0 Å². The minimum Gasteiger partial charge on any atom is -0.393 e. The predicted molar refractivity (Wildman–Crippen MR) is 67.0 cm³/mol. The molecule has 2 aliphatic rings. The summed E-state index contributed by atoms with van der Waals surface area (Å²) in [5, 5.41) is 9.89. The average molecular weight is 242 g/mol. The van der Waals surface area contributed by atoms with Crippen LogP contribution in [-0.2, 0) is 9.47 Å². The second-order valence-corrected chi connectivity index (χ2v) is 5.43. The number of rotatable bonds is 7. The van der Waals surface area contributed by atoms with Crippen LogP contribution in [-0.4, -0.2) is 36.6 Å². The Morgan fingerprint density at radius 1 is 0.941 bits per heavy atom. The molecule has 0 aliphatic carbocycles. The first-order valence-electron chi connectivity index (χ1n) is 7.26. The quantitative estimate of drug-likeness (QED) is 0.746. The lowest BCUT2D eigenvalue weighted by atomic mass is 10.0. The fourth-order valence-corrected chi connectivity index (χ4v) is 2.85. The van der Waals surface area contributed by atoms with Gasteiger partial charge in [-0.05, 0) is 57.8 Å². The topological polar surface area (TPSA) is 38.7 Å². The summed E-state index contributed by atoms with van der Waals surface area (Å²) < 4.78 is 11.1. The van der Waals surface area contributed by atoms with Crippen molar-refractivity contribution < 1.29 is 14.6 Å². The molecule has 2 rings (SSSR count). The molecule has 0 aromatic heterocycles. The molecule has 0 amide bonds. The normalized spacial score (nSPS) is 30.9. The zero-order valence-electron chi connectivity index (χ0n) is 10.8. The highest BCUT2D eigenvalue weighted by molar-refractivity contribution is 4.69. The van der Waals surface area contributed by atoms with Crippen molar-refractivity contribution in [2.24, 2.45) is 0 Å². The number of aliphatic hydroxyl groups is 1. The van der Waals surface area contributed by atoms with Gasteiger partial charge in [0.15, 0.2) is 0 Å². The van der Waals surface area contributed by atoms with Gasteiger partial charge < -0.3 is 14.6 Å². The molecule has 0 aromatic carbocycles. The molecule has 0 bridgehead atoms. The van der Waals surface area contributed by atoms with Crippen molar-refractivity contribution in [1.29, 1.82) is 0 Å². The molecular weight excluding hydrogens is 216 g/mol. The number of aliphatic hydroxyl groups excluding tert-OH is 1. The minimum atomic E-state index is -0.138. The van der Waals surface area contributed by atoms with E-state index in [-0.39, 0.29) is 6.10 Å². The fourth-order valence-electron chi connectivity index (χ4n) is 2.85. The number of hydrogen-bond donors (Lipinski definition) is 1. The van der Waals surface area contributed by atoms with E-state index in [0.717, 1.165) is 45.3 Å². The van der Waals surface area contributed by atoms with Crippen LogP contribution in [0.1, 0.15) is 57.8 Å². The van der Waals surface area contributed by atoms with E-state index < -0.39 is 0 Å². The summed E-state index contributed by atoms with van der Waals surface area (Å²) in [6, 6.07) is 0. The molecule has 0 aromatic rings. The highest BCUT2D eigenvalue weighted by atomic mass is 16.5. The zero-order chi connectivity index (χ0) is 11.9. The Balaban J connectivity index is 1.46. The summed E-state index contributed by atoms with van der Waals surface area (Å²) in [6.07, 6.45) is 10.6. The summed E-state index contributed by atoms with van der Waals surface area (Å²) in [5.74, 6) is 0. The zero-order valence-corrected chi connectivity index (χ0v) is 10.8. The molecule has 2 heterocycles. The van der Waals surface area contributed by atoms with Crippen LogP contribution in [0.5, 0.6) is 0 Å². The summed E-state index contributed by atoms with van der Waals surface area (Å²) in [7, 11) is 0. The maximum absolute atomic E-state index is 9.89. The number of hydrogen-bond acceptors (Lipinski definition) is 3. The first-order chi connectivity index (χ1) is 8.34. The molecule has 0 saturated carbocycles. The summed E-state index contributed by atoms with van der Waals surface area (Å²) in [4.78, 5) is 0. The Bertz CT molecular complexity index is 196. The maximum Gasteiger partial charge on any atom is 0.0577 e. The monoisotopic (exact) mass is 242 g/mol. The molecule has 2 aliphatic heterocycles. The van der Waals surface area contributed by atoms with Crippen molar-refractivity contribution in [2.45, 2.75) is 76.1 Å². The van der Waals surface area contributed by atoms with Crippen LogP contribution in [0.2, 0.25) is 0 Å². The van der Waals surface area contributed by atoms with Gasteiger partial charge in [0.25, 0.3) is 0 Å². The Labute approximate surface area is 104 Å². The van der Waals surface area contributed by atoms with Crippen LogP contribution in [0.15, 0.2) is 0 Å². The van der Waals surface area contributed by atoms with Crippen LogP contribution < -0.4 is 0 Å². The van der Waals surface area contributed by atoms with Crippen molar-refractivity contribution in [3.05, 3.63) is 0 Å². The van der Waals surface area contributed by atoms with Gasteiger partial charge in [0.1, 0.15) is 0 Å². The van der Waals surface area contributed by atoms with E-state index in [1.54, 1.807) is 0 Å². The lowest BCUT2D eigenvalue weighted by Gasteiger charge is -2.15. The molecule has 0 radical (unpaired) electrons. The van der Waals surface area contributed by atoms with E-state index in [4.69, 9.17) is 9.47 Å². The number of ether oxygens (including phenoxy) is 2. The lowest BCUT2D eigenvalue weighted by Crippen LogP contribution is -2.13. The Kier molecular flexibility index (Phi) is 5.75. The third-order valence-corrected chi connectivity index (χ3v) is 3.93. The first kappa shape index (κ1) is 13.3. The molecule has 2 fully saturated rings. The van der Waals surface area contributed by atoms with E-state index >= 15 is 0 Å². The van der Waals surface area contributed by atoms with Gasteiger partial charge in [0.2, 0.25) is 0 Å². The smallest absolute Gasteiger partial charge is 0.0577 e. The maximum atomic E-state index is 9.89. The van der Waals surface area contributed by atoms with Crippen molar-refractivity contribution in [2.75, 3.05) is 13.2 Å². The van der Waals surface area contributed by atoms with Gasteiger partial charge in [0, 0.05) is 13.2 Å². The van der Waals surface area contributed by atoms with Crippen LogP contribution >= 0.6 is 0 Å². The molecular formula is C14H26O3.